The van der Waals surface area contributed by atoms with Gasteiger partial charge in [0, 0.05) is 24.5 Å². The molecule has 1 aromatic heterocycles. The van der Waals surface area contributed by atoms with Crippen molar-refractivity contribution >= 4 is 0 Å². The molecule has 1 unspecified atom stereocenters. The zero-order valence-electron chi connectivity index (χ0n) is 12.2. The lowest BCUT2D eigenvalue weighted by Crippen LogP contribution is -1.98. The average Bonchev–Trinajstić information content (AvgIpc) is 2.79. The molecule has 0 amide bonds. The molecule has 106 valence electrons. The van der Waals surface area contributed by atoms with Gasteiger partial charge >= 0.3 is 0 Å². The molecule has 2 aromatic rings. The van der Waals surface area contributed by atoms with Crippen LogP contribution in [0.2, 0.25) is 0 Å². The van der Waals surface area contributed by atoms with Gasteiger partial charge in [-0.25, -0.2) is 0 Å². The molecule has 0 saturated heterocycles. The van der Waals surface area contributed by atoms with Crippen LogP contribution in [0.5, 0.6) is 0 Å². The zero-order chi connectivity index (χ0) is 13.9. The van der Waals surface area contributed by atoms with Crippen LogP contribution in [-0.2, 0) is 19.4 Å². The van der Waals surface area contributed by atoms with E-state index in [9.17, 15) is 5.11 Å². The van der Waals surface area contributed by atoms with Crippen LogP contribution in [0, 0.1) is 0 Å². The highest BCUT2D eigenvalue weighted by Gasteiger charge is 2.18. The third-order valence-electron chi connectivity index (χ3n) is 4.33. The molecule has 2 nitrogen and oxygen atoms in total. The number of aromatic nitrogens is 1. The molecule has 0 aliphatic heterocycles. The lowest BCUT2D eigenvalue weighted by atomic mass is 10.1. The molecule has 0 spiro atoms. The van der Waals surface area contributed by atoms with E-state index >= 15 is 0 Å². The van der Waals surface area contributed by atoms with Crippen molar-refractivity contribution in [1.82, 2.24) is 4.57 Å². The lowest BCUT2D eigenvalue weighted by molar-refractivity contribution is 0.166. The Morgan fingerprint density at radius 2 is 1.85 bits per heavy atom. The number of aliphatic hydroxyl groups is 1. The Morgan fingerprint density at radius 3 is 2.60 bits per heavy atom. The first-order valence-electron chi connectivity index (χ1n) is 7.70. The van der Waals surface area contributed by atoms with E-state index in [1.807, 2.05) is 0 Å². The quantitative estimate of drug-likeness (QED) is 0.841. The Morgan fingerprint density at radius 1 is 1.10 bits per heavy atom. The molecule has 1 aromatic carbocycles. The van der Waals surface area contributed by atoms with Crippen molar-refractivity contribution in [1.29, 1.82) is 0 Å². The minimum atomic E-state index is -0.267. The van der Waals surface area contributed by atoms with Gasteiger partial charge in [0.25, 0.3) is 0 Å². The standard InChI is InChI=1S/C18H23NO/c1-2-14-7-9-15(10-8-14)11-19-12-16-5-3-4-6-18(20)17(16)13-19/h7-10,12-13,18,20H,2-6,11H2,1H3. The molecule has 2 heteroatoms. The second-order valence-electron chi connectivity index (χ2n) is 5.84. The predicted octanol–water partition coefficient (Wildman–Crippen LogP) is 3.86. The van der Waals surface area contributed by atoms with Gasteiger partial charge in [-0.15, -0.1) is 0 Å². The van der Waals surface area contributed by atoms with Crippen molar-refractivity contribution in [2.75, 3.05) is 0 Å². The fraction of sp³-hybridized carbons (Fsp3) is 0.444. The second-order valence-corrected chi connectivity index (χ2v) is 5.84. The van der Waals surface area contributed by atoms with E-state index in [0.717, 1.165) is 37.8 Å². The first-order valence-corrected chi connectivity index (χ1v) is 7.70. The van der Waals surface area contributed by atoms with Crippen molar-refractivity contribution in [3.63, 3.8) is 0 Å². The molecule has 1 aliphatic carbocycles. The van der Waals surface area contributed by atoms with Crippen molar-refractivity contribution in [3.05, 3.63) is 58.9 Å². The molecule has 0 radical (unpaired) electrons. The highest BCUT2D eigenvalue weighted by atomic mass is 16.3. The van der Waals surface area contributed by atoms with Crippen LogP contribution in [0.15, 0.2) is 36.7 Å². The molecule has 1 N–H and O–H groups in total. The minimum absolute atomic E-state index is 0.267. The fourth-order valence-corrected chi connectivity index (χ4v) is 3.07. The highest BCUT2D eigenvalue weighted by molar-refractivity contribution is 5.29. The number of fused-ring (bicyclic) bond motifs is 1. The first-order chi connectivity index (χ1) is 9.76. The fourth-order valence-electron chi connectivity index (χ4n) is 3.07. The van der Waals surface area contributed by atoms with Crippen molar-refractivity contribution in [2.45, 2.75) is 51.7 Å². The van der Waals surface area contributed by atoms with Crippen LogP contribution < -0.4 is 0 Å². The third kappa shape index (κ3) is 2.80. The summed E-state index contributed by atoms with van der Waals surface area (Å²) in [7, 11) is 0. The molecule has 1 atom stereocenters. The first kappa shape index (κ1) is 13.4. The van der Waals surface area contributed by atoms with Gasteiger partial charge in [-0.05, 0) is 42.4 Å². The Labute approximate surface area is 121 Å². The number of benzene rings is 1. The van der Waals surface area contributed by atoms with E-state index in [1.54, 1.807) is 0 Å². The van der Waals surface area contributed by atoms with E-state index in [4.69, 9.17) is 0 Å². The Balaban J connectivity index is 1.79. The van der Waals surface area contributed by atoms with E-state index in [1.165, 1.54) is 23.1 Å². The van der Waals surface area contributed by atoms with Gasteiger partial charge in [0.05, 0.1) is 6.10 Å². The Hall–Kier alpha value is -1.54. The summed E-state index contributed by atoms with van der Waals surface area (Å²) in [4.78, 5) is 0. The van der Waals surface area contributed by atoms with Crippen LogP contribution in [-0.4, -0.2) is 9.67 Å². The molecule has 1 aliphatic rings. The SMILES string of the molecule is CCc1ccc(Cn2cc3c(c2)C(O)CCCC3)cc1. The number of aliphatic hydroxyl groups excluding tert-OH is 1. The third-order valence-corrected chi connectivity index (χ3v) is 4.33. The van der Waals surface area contributed by atoms with Gasteiger partial charge in [-0.2, -0.15) is 0 Å². The topological polar surface area (TPSA) is 25.2 Å². The maximum atomic E-state index is 10.2. The summed E-state index contributed by atoms with van der Waals surface area (Å²) in [6.07, 6.45) is 9.52. The monoisotopic (exact) mass is 269 g/mol. The van der Waals surface area contributed by atoms with E-state index in [-0.39, 0.29) is 6.10 Å². The minimum Gasteiger partial charge on any atom is -0.388 e. The van der Waals surface area contributed by atoms with Crippen LogP contribution in [0.25, 0.3) is 0 Å². The normalized spacial score (nSPS) is 18.6. The summed E-state index contributed by atoms with van der Waals surface area (Å²) in [5.41, 5.74) is 5.18. The molecule has 0 bridgehead atoms. The van der Waals surface area contributed by atoms with Crippen LogP contribution in [0.3, 0.4) is 0 Å². The van der Waals surface area contributed by atoms with Crippen LogP contribution >= 0.6 is 0 Å². The van der Waals surface area contributed by atoms with E-state index < -0.39 is 0 Å². The number of nitrogens with zero attached hydrogens (tertiary/aromatic N) is 1. The molecular formula is C18H23NO. The Bertz CT molecular complexity index is 568. The summed E-state index contributed by atoms with van der Waals surface area (Å²) in [5, 5.41) is 10.2. The molecule has 20 heavy (non-hydrogen) atoms. The van der Waals surface area contributed by atoms with Crippen molar-refractivity contribution in [2.24, 2.45) is 0 Å². The largest absolute Gasteiger partial charge is 0.388 e. The second kappa shape index (κ2) is 5.84. The number of rotatable bonds is 3. The summed E-state index contributed by atoms with van der Waals surface area (Å²) in [6.45, 7) is 3.07. The maximum absolute atomic E-state index is 10.2. The van der Waals surface area contributed by atoms with Crippen molar-refractivity contribution in [3.8, 4) is 0 Å². The molecule has 1 heterocycles. The summed E-state index contributed by atoms with van der Waals surface area (Å²) in [5.74, 6) is 0. The number of hydrogen-bond acceptors (Lipinski definition) is 1. The number of hydrogen-bond donors (Lipinski definition) is 1. The zero-order valence-corrected chi connectivity index (χ0v) is 12.2. The Kier molecular flexibility index (Phi) is 3.93. The van der Waals surface area contributed by atoms with Crippen molar-refractivity contribution < 1.29 is 5.11 Å². The molecule has 0 saturated carbocycles. The van der Waals surface area contributed by atoms with E-state index in [2.05, 4.69) is 48.1 Å². The average molecular weight is 269 g/mol. The molecular weight excluding hydrogens is 246 g/mol. The van der Waals surface area contributed by atoms with Gasteiger partial charge in [-0.3, -0.25) is 0 Å². The summed E-state index contributed by atoms with van der Waals surface area (Å²) in [6, 6.07) is 8.83. The van der Waals surface area contributed by atoms with E-state index in [0.29, 0.717) is 0 Å². The van der Waals surface area contributed by atoms with Crippen LogP contribution in [0.4, 0.5) is 0 Å². The van der Waals surface area contributed by atoms with Gasteiger partial charge in [0.2, 0.25) is 0 Å². The van der Waals surface area contributed by atoms with Gasteiger partial charge in [0.15, 0.2) is 0 Å². The van der Waals surface area contributed by atoms with Gasteiger partial charge in [-0.1, -0.05) is 37.6 Å². The number of aryl methyl sites for hydroxylation is 2. The smallest absolute Gasteiger partial charge is 0.0807 e. The van der Waals surface area contributed by atoms with Gasteiger partial charge < -0.3 is 9.67 Å². The predicted molar refractivity (Wildman–Crippen MR) is 81.9 cm³/mol. The molecule has 3 rings (SSSR count). The highest BCUT2D eigenvalue weighted by Crippen LogP contribution is 2.29. The van der Waals surface area contributed by atoms with Crippen LogP contribution in [0.1, 0.15) is 54.5 Å². The lowest BCUT2D eigenvalue weighted by Gasteiger charge is -2.07. The van der Waals surface area contributed by atoms with Gasteiger partial charge in [0.1, 0.15) is 0 Å². The maximum Gasteiger partial charge on any atom is 0.0807 e. The summed E-state index contributed by atoms with van der Waals surface area (Å²) >= 11 is 0. The summed E-state index contributed by atoms with van der Waals surface area (Å²) < 4.78 is 2.22. The molecule has 0 fully saturated rings.